The Morgan fingerprint density at radius 1 is 1.25 bits per heavy atom. The van der Waals surface area contributed by atoms with E-state index in [1.807, 2.05) is 25.1 Å². The van der Waals surface area contributed by atoms with Gasteiger partial charge in [0, 0.05) is 5.56 Å². The molecule has 1 fully saturated rings. The van der Waals surface area contributed by atoms with Crippen LogP contribution in [0.15, 0.2) is 18.2 Å². The van der Waals surface area contributed by atoms with Crippen molar-refractivity contribution < 1.29 is 18.9 Å². The first-order chi connectivity index (χ1) is 7.85. The first kappa shape index (κ1) is 11.2. The molecule has 1 aliphatic heterocycles. The molecule has 4 heteroatoms. The maximum absolute atomic E-state index is 5.44. The Morgan fingerprint density at radius 3 is 2.62 bits per heavy atom. The molecule has 0 atom stereocenters. The van der Waals surface area contributed by atoms with Gasteiger partial charge in [0.25, 0.3) is 0 Å². The number of ether oxygens (including phenoxy) is 4. The van der Waals surface area contributed by atoms with Crippen molar-refractivity contribution in [3.8, 4) is 11.5 Å². The Labute approximate surface area is 95.1 Å². The van der Waals surface area contributed by atoms with Crippen LogP contribution in [0.5, 0.6) is 11.5 Å². The highest BCUT2D eigenvalue weighted by Crippen LogP contribution is 2.32. The van der Waals surface area contributed by atoms with E-state index >= 15 is 0 Å². The predicted molar refractivity (Wildman–Crippen MR) is 58.8 cm³/mol. The molecule has 0 aliphatic carbocycles. The number of methoxy groups -OCH3 is 1. The largest absolute Gasteiger partial charge is 0.493 e. The van der Waals surface area contributed by atoms with Crippen molar-refractivity contribution in [1.82, 2.24) is 0 Å². The quantitative estimate of drug-likeness (QED) is 0.785. The second-order valence-electron chi connectivity index (χ2n) is 3.42. The number of hydrogen-bond donors (Lipinski definition) is 0. The van der Waals surface area contributed by atoms with Gasteiger partial charge in [0.05, 0.1) is 26.9 Å². The third-order valence-electron chi connectivity index (χ3n) is 2.38. The summed E-state index contributed by atoms with van der Waals surface area (Å²) in [6, 6.07) is 5.70. The van der Waals surface area contributed by atoms with Gasteiger partial charge in [-0.15, -0.1) is 0 Å². The van der Waals surface area contributed by atoms with Crippen LogP contribution in [0, 0.1) is 0 Å². The van der Waals surface area contributed by atoms with E-state index in [0.717, 1.165) is 11.3 Å². The lowest BCUT2D eigenvalue weighted by molar-refractivity contribution is -0.0442. The summed E-state index contributed by atoms with van der Waals surface area (Å²) in [6.07, 6.45) is -0.274. The second kappa shape index (κ2) is 5.18. The van der Waals surface area contributed by atoms with Crippen molar-refractivity contribution in [2.24, 2.45) is 0 Å². The van der Waals surface area contributed by atoms with Crippen LogP contribution in [0.2, 0.25) is 0 Å². The molecular formula is C12H16O4. The topological polar surface area (TPSA) is 36.9 Å². The van der Waals surface area contributed by atoms with Crippen LogP contribution in [0.1, 0.15) is 18.8 Å². The van der Waals surface area contributed by atoms with E-state index in [1.54, 1.807) is 7.11 Å². The van der Waals surface area contributed by atoms with Crippen LogP contribution >= 0.6 is 0 Å². The van der Waals surface area contributed by atoms with Crippen LogP contribution in [0.4, 0.5) is 0 Å². The van der Waals surface area contributed by atoms with Gasteiger partial charge in [-0.1, -0.05) is 6.07 Å². The fourth-order valence-corrected chi connectivity index (χ4v) is 1.66. The van der Waals surface area contributed by atoms with Gasteiger partial charge < -0.3 is 18.9 Å². The van der Waals surface area contributed by atoms with E-state index in [4.69, 9.17) is 18.9 Å². The van der Waals surface area contributed by atoms with Gasteiger partial charge in [-0.3, -0.25) is 0 Å². The van der Waals surface area contributed by atoms with Crippen LogP contribution in [0.3, 0.4) is 0 Å². The van der Waals surface area contributed by atoms with Crippen LogP contribution in [0.25, 0.3) is 0 Å². The molecule has 0 spiro atoms. The maximum atomic E-state index is 5.44. The smallest absolute Gasteiger partial charge is 0.184 e. The molecule has 1 heterocycles. The Bertz CT molecular complexity index is 345. The Balaban J connectivity index is 2.21. The highest BCUT2D eigenvalue weighted by molar-refractivity contribution is 5.43. The zero-order valence-electron chi connectivity index (χ0n) is 9.56. The molecule has 1 aliphatic rings. The minimum absolute atomic E-state index is 0.274. The van der Waals surface area contributed by atoms with Gasteiger partial charge in [-0.25, -0.2) is 0 Å². The van der Waals surface area contributed by atoms with Gasteiger partial charge in [0.2, 0.25) is 0 Å². The molecule has 2 rings (SSSR count). The molecule has 1 aromatic rings. The molecule has 1 aromatic carbocycles. The molecule has 1 saturated heterocycles. The summed E-state index contributed by atoms with van der Waals surface area (Å²) in [5.74, 6) is 1.45. The molecule has 4 nitrogen and oxygen atoms in total. The Morgan fingerprint density at radius 2 is 2.00 bits per heavy atom. The molecule has 0 saturated carbocycles. The first-order valence-corrected chi connectivity index (χ1v) is 5.39. The van der Waals surface area contributed by atoms with Crippen LogP contribution in [-0.2, 0) is 9.47 Å². The summed E-state index contributed by atoms with van der Waals surface area (Å²) in [7, 11) is 1.62. The number of hydrogen-bond acceptors (Lipinski definition) is 4. The first-order valence-electron chi connectivity index (χ1n) is 5.39. The van der Waals surface area contributed by atoms with Crippen LogP contribution in [-0.4, -0.2) is 26.9 Å². The molecule has 0 radical (unpaired) electrons. The van der Waals surface area contributed by atoms with Crippen LogP contribution < -0.4 is 9.47 Å². The summed E-state index contributed by atoms with van der Waals surface area (Å²) in [4.78, 5) is 0. The number of benzene rings is 1. The highest BCUT2D eigenvalue weighted by Gasteiger charge is 2.19. The maximum Gasteiger partial charge on any atom is 0.184 e. The molecule has 0 amide bonds. The van der Waals surface area contributed by atoms with E-state index in [-0.39, 0.29) is 6.29 Å². The lowest BCUT2D eigenvalue weighted by Gasteiger charge is -2.13. The van der Waals surface area contributed by atoms with Crippen molar-refractivity contribution in [2.45, 2.75) is 13.2 Å². The summed E-state index contributed by atoms with van der Waals surface area (Å²) < 4.78 is 21.5. The van der Waals surface area contributed by atoms with E-state index < -0.39 is 0 Å². The minimum Gasteiger partial charge on any atom is -0.493 e. The lowest BCUT2D eigenvalue weighted by atomic mass is 10.2. The molecule has 16 heavy (non-hydrogen) atoms. The fourth-order valence-electron chi connectivity index (χ4n) is 1.66. The average Bonchev–Trinajstić information content (AvgIpc) is 2.83. The molecule has 0 N–H and O–H groups in total. The normalized spacial score (nSPS) is 16.4. The summed E-state index contributed by atoms with van der Waals surface area (Å²) >= 11 is 0. The molecule has 0 unspecified atom stereocenters. The third kappa shape index (κ3) is 2.28. The van der Waals surface area contributed by atoms with Crippen molar-refractivity contribution in [3.63, 3.8) is 0 Å². The average molecular weight is 224 g/mol. The second-order valence-corrected chi connectivity index (χ2v) is 3.42. The summed E-state index contributed by atoms with van der Waals surface area (Å²) in [5.41, 5.74) is 0.956. The summed E-state index contributed by atoms with van der Waals surface area (Å²) in [6.45, 7) is 3.84. The molecule has 88 valence electrons. The van der Waals surface area contributed by atoms with Gasteiger partial charge in [0.1, 0.15) is 0 Å². The molecular weight excluding hydrogens is 208 g/mol. The van der Waals surface area contributed by atoms with E-state index in [9.17, 15) is 0 Å². The molecule has 0 bridgehead atoms. The Kier molecular flexibility index (Phi) is 3.64. The van der Waals surface area contributed by atoms with Crippen molar-refractivity contribution in [3.05, 3.63) is 23.8 Å². The van der Waals surface area contributed by atoms with E-state index in [1.165, 1.54) is 0 Å². The van der Waals surface area contributed by atoms with E-state index in [2.05, 4.69) is 0 Å². The number of rotatable bonds is 4. The molecule has 0 aromatic heterocycles. The fraction of sp³-hybridized carbons (Fsp3) is 0.500. The van der Waals surface area contributed by atoms with Gasteiger partial charge in [-0.2, -0.15) is 0 Å². The SMILES string of the molecule is CCOc1ccc(C2OCCO2)cc1OC. The van der Waals surface area contributed by atoms with E-state index in [0.29, 0.717) is 25.6 Å². The van der Waals surface area contributed by atoms with Crippen molar-refractivity contribution in [1.29, 1.82) is 0 Å². The zero-order chi connectivity index (χ0) is 11.4. The van der Waals surface area contributed by atoms with Crippen molar-refractivity contribution in [2.75, 3.05) is 26.9 Å². The predicted octanol–water partition coefficient (Wildman–Crippen LogP) is 2.14. The zero-order valence-corrected chi connectivity index (χ0v) is 9.56. The Hall–Kier alpha value is -1.26. The third-order valence-corrected chi connectivity index (χ3v) is 2.38. The minimum atomic E-state index is -0.274. The highest BCUT2D eigenvalue weighted by atomic mass is 16.7. The van der Waals surface area contributed by atoms with Gasteiger partial charge in [-0.05, 0) is 19.1 Å². The van der Waals surface area contributed by atoms with Gasteiger partial charge >= 0.3 is 0 Å². The van der Waals surface area contributed by atoms with Crippen molar-refractivity contribution >= 4 is 0 Å². The summed E-state index contributed by atoms with van der Waals surface area (Å²) in [5, 5.41) is 0. The standard InChI is InChI=1S/C12H16O4/c1-3-14-10-5-4-9(8-11(10)13-2)12-15-6-7-16-12/h4-5,8,12H,3,6-7H2,1-2H3. The lowest BCUT2D eigenvalue weighted by Crippen LogP contribution is -2.00. The monoisotopic (exact) mass is 224 g/mol. The van der Waals surface area contributed by atoms with Gasteiger partial charge in [0.15, 0.2) is 17.8 Å².